The van der Waals surface area contributed by atoms with E-state index in [9.17, 15) is 9.59 Å². The van der Waals surface area contributed by atoms with Crippen LogP contribution < -0.4 is 10.1 Å². The highest BCUT2D eigenvalue weighted by Crippen LogP contribution is 2.21. The highest BCUT2D eigenvalue weighted by atomic mass is 16.5. The molecule has 2 rings (SSSR count). The Morgan fingerprint density at radius 3 is 2.65 bits per heavy atom. The number of anilines is 1. The molecule has 0 saturated heterocycles. The predicted octanol–water partition coefficient (Wildman–Crippen LogP) is 3.31. The quantitative estimate of drug-likeness (QED) is 0.619. The van der Waals surface area contributed by atoms with Gasteiger partial charge >= 0.3 is 5.97 Å². The van der Waals surface area contributed by atoms with E-state index in [4.69, 9.17) is 9.47 Å². The molecule has 0 unspecified atom stereocenters. The van der Waals surface area contributed by atoms with Gasteiger partial charge in [0.25, 0.3) is 5.91 Å². The van der Waals surface area contributed by atoms with Crippen molar-refractivity contribution >= 4 is 17.6 Å². The molecule has 1 aliphatic rings. The molecule has 5 nitrogen and oxygen atoms in total. The number of benzene rings is 1. The van der Waals surface area contributed by atoms with Gasteiger partial charge in [-0.05, 0) is 56.9 Å². The minimum absolute atomic E-state index is 0.240. The lowest BCUT2D eigenvalue weighted by molar-refractivity contribution is -0.153. The molecular formula is C18H23NO4. The molecule has 0 radical (unpaired) electrons. The summed E-state index contributed by atoms with van der Waals surface area (Å²) in [6.45, 7) is 4.08. The molecule has 0 heterocycles. The van der Waals surface area contributed by atoms with Crippen molar-refractivity contribution in [1.29, 1.82) is 0 Å². The smallest absolute Gasteiger partial charge is 0.307 e. The maximum atomic E-state index is 12.1. The fourth-order valence-corrected chi connectivity index (χ4v) is 2.42. The van der Waals surface area contributed by atoms with Crippen LogP contribution in [0.3, 0.4) is 0 Å². The maximum Gasteiger partial charge on any atom is 0.307 e. The molecule has 0 fully saturated rings. The molecule has 0 bridgehead atoms. The van der Waals surface area contributed by atoms with Gasteiger partial charge in [-0.3, -0.25) is 9.59 Å². The molecule has 23 heavy (non-hydrogen) atoms. The first-order valence-corrected chi connectivity index (χ1v) is 7.98. The highest BCUT2D eigenvalue weighted by molar-refractivity contribution is 5.95. The van der Waals surface area contributed by atoms with Crippen molar-refractivity contribution < 1.29 is 19.1 Å². The van der Waals surface area contributed by atoms with E-state index in [1.165, 1.54) is 0 Å². The van der Waals surface area contributed by atoms with Crippen LogP contribution in [0.2, 0.25) is 0 Å². The van der Waals surface area contributed by atoms with E-state index < -0.39 is 6.10 Å². The Hall–Kier alpha value is -2.30. The monoisotopic (exact) mass is 317 g/mol. The Morgan fingerprint density at radius 2 is 2.04 bits per heavy atom. The van der Waals surface area contributed by atoms with Crippen LogP contribution in [0.25, 0.3) is 0 Å². The highest BCUT2D eigenvalue weighted by Gasteiger charge is 2.21. The standard InChI is InChI=1S/C18H23NO4/c1-3-22-16-10-8-15(9-11-16)19-18(21)13(2)23-17(20)12-14-6-4-5-7-14/h4,6,8-11,13-14H,3,5,7,12H2,1-2H3,(H,19,21)/t13-,14+/m1/s1. The summed E-state index contributed by atoms with van der Waals surface area (Å²) in [6, 6.07) is 7.06. The molecule has 0 saturated carbocycles. The molecule has 1 amide bonds. The summed E-state index contributed by atoms with van der Waals surface area (Å²) in [4.78, 5) is 23.9. The zero-order chi connectivity index (χ0) is 16.7. The second-order valence-corrected chi connectivity index (χ2v) is 5.55. The van der Waals surface area contributed by atoms with E-state index in [2.05, 4.69) is 11.4 Å². The van der Waals surface area contributed by atoms with Gasteiger partial charge in [-0.2, -0.15) is 0 Å². The summed E-state index contributed by atoms with van der Waals surface area (Å²) >= 11 is 0. The minimum Gasteiger partial charge on any atom is -0.494 e. The Balaban J connectivity index is 1.79. The van der Waals surface area contributed by atoms with E-state index in [0.29, 0.717) is 18.7 Å². The number of esters is 1. The summed E-state index contributed by atoms with van der Waals surface area (Å²) in [5.74, 6) is 0.304. The van der Waals surface area contributed by atoms with Crippen molar-refractivity contribution in [3.05, 3.63) is 36.4 Å². The van der Waals surface area contributed by atoms with Gasteiger partial charge in [0.1, 0.15) is 5.75 Å². The van der Waals surface area contributed by atoms with Crippen LogP contribution in [0.1, 0.15) is 33.1 Å². The van der Waals surface area contributed by atoms with Gasteiger partial charge in [-0.15, -0.1) is 0 Å². The van der Waals surface area contributed by atoms with Crippen molar-refractivity contribution in [1.82, 2.24) is 0 Å². The van der Waals surface area contributed by atoms with Crippen molar-refractivity contribution in [2.24, 2.45) is 5.92 Å². The van der Waals surface area contributed by atoms with Gasteiger partial charge in [0.2, 0.25) is 0 Å². The maximum absolute atomic E-state index is 12.1. The number of rotatable bonds is 7. The number of allylic oxidation sites excluding steroid dienone is 2. The summed E-state index contributed by atoms with van der Waals surface area (Å²) in [5.41, 5.74) is 0.639. The van der Waals surface area contributed by atoms with Gasteiger partial charge in [0.05, 0.1) is 13.0 Å². The van der Waals surface area contributed by atoms with E-state index in [1.54, 1.807) is 31.2 Å². The largest absolute Gasteiger partial charge is 0.494 e. The van der Waals surface area contributed by atoms with Gasteiger partial charge in [0, 0.05) is 5.69 Å². The predicted molar refractivity (Wildman–Crippen MR) is 88.3 cm³/mol. The Kier molecular flexibility index (Phi) is 6.20. The lowest BCUT2D eigenvalue weighted by Crippen LogP contribution is -2.30. The van der Waals surface area contributed by atoms with Gasteiger partial charge in [0.15, 0.2) is 6.10 Å². The zero-order valence-electron chi connectivity index (χ0n) is 13.6. The molecule has 1 aliphatic carbocycles. The number of nitrogens with one attached hydrogen (secondary N) is 1. The van der Waals surface area contributed by atoms with Crippen LogP contribution in [0.4, 0.5) is 5.69 Å². The molecule has 1 aromatic carbocycles. The number of carbonyl (C=O) groups is 2. The summed E-state index contributed by atoms with van der Waals surface area (Å²) < 4.78 is 10.5. The van der Waals surface area contributed by atoms with E-state index in [-0.39, 0.29) is 17.8 Å². The van der Waals surface area contributed by atoms with Gasteiger partial charge in [-0.25, -0.2) is 0 Å². The molecule has 0 aromatic heterocycles. The molecule has 2 atom stereocenters. The second-order valence-electron chi connectivity index (χ2n) is 5.55. The van der Waals surface area contributed by atoms with Crippen LogP contribution in [-0.2, 0) is 14.3 Å². The third-order valence-corrected chi connectivity index (χ3v) is 3.65. The van der Waals surface area contributed by atoms with Crippen LogP contribution in [-0.4, -0.2) is 24.6 Å². The van der Waals surface area contributed by atoms with E-state index >= 15 is 0 Å². The van der Waals surface area contributed by atoms with Gasteiger partial charge < -0.3 is 14.8 Å². The molecular weight excluding hydrogens is 294 g/mol. The van der Waals surface area contributed by atoms with Crippen molar-refractivity contribution in [3.63, 3.8) is 0 Å². The van der Waals surface area contributed by atoms with Crippen molar-refractivity contribution in [2.75, 3.05) is 11.9 Å². The lowest BCUT2D eigenvalue weighted by Gasteiger charge is -2.15. The molecule has 5 heteroatoms. The number of ether oxygens (including phenoxy) is 2. The fourth-order valence-electron chi connectivity index (χ4n) is 2.42. The van der Waals surface area contributed by atoms with E-state index in [1.807, 2.05) is 13.0 Å². The van der Waals surface area contributed by atoms with Crippen LogP contribution in [0, 0.1) is 5.92 Å². The van der Waals surface area contributed by atoms with Crippen LogP contribution in [0.5, 0.6) is 5.75 Å². The number of hydrogen-bond donors (Lipinski definition) is 1. The SMILES string of the molecule is CCOc1ccc(NC(=O)[C@@H](C)OC(=O)C[C@H]2C=CCC2)cc1. The van der Waals surface area contributed by atoms with Crippen molar-refractivity contribution in [2.45, 2.75) is 39.2 Å². The topological polar surface area (TPSA) is 64.6 Å². The molecule has 1 aromatic rings. The van der Waals surface area contributed by atoms with Crippen molar-refractivity contribution in [3.8, 4) is 5.75 Å². The first-order chi connectivity index (χ1) is 11.1. The molecule has 1 N–H and O–H groups in total. The third-order valence-electron chi connectivity index (χ3n) is 3.65. The normalized spacial score (nSPS) is 17.6. The molecule has 124 valence electrons. The minimum atomic E-state index is -0.820. The number of hydrogen-bond acceptors (Lipinski definition) is 4. The Bertz CT molecular complexity index is 565. The van der Waals surface area contributed by atoms with E-state index in [0.717, 1.165) is 18.6 Å². The first kappa shape index (κ1) is 17.1. The molecule has 0 spiro atoms. The first-order valence-electron chi connectivity index (χ1n) is 7.98. The average Bonchev–Trinajstić information content (AvgIpc) is 3.02. The third kappa shape index (κ3) is 5.43. The lowest BCUT2D eigenvalue weighted by atomic mass is 10.1. The number of carbonyl (C=O) groups excluding carboxylic acids is 2. The summed E-state index contributed by atoms with van der Waals surface area (Å²) in [6.07, 6.45) is 5.59. The Morgan fingerprint density at radius 1 is 1.30 bits per heavy atom. The number of amides is 1. The second kappa shape index (κ2) is 8.36. The Labute approximate surface area is 136 Å². The van der Waals surface area contributed by atoms with Gasteiger partial charge in [-0.1, -0.05) is 12.2 Å². The summed E-state index contributed by atoms with van der Waals surface area (Å²) in [7, 11) is 0. The molecule has 0 aliphatic heterocycles. The van der Waals surface area contributed by atoms with Crippen LogP contribution >= 0.6 is 0 Å². The fraction of sp³-hybridized carbons (Fsp3) is 0.444. The summed E-state index contributed by atoms with van der Waals surface area (Å²) in [5, 5.41) is 2.72. The zero-order valence-corrected chi connectivity index (χ0v) is 13.6. The average molecular weight is 317 g/mol. The van der Waals surface area contributed by atoms with Crippen LogP contribution in [0.15, 0.2) is 36.4 Å².